The molecule has 5 rings (SSSR count). The number of H-pyrrole nitrogens is 1. The van der Waals surface area contributed by atoms with Gasteiger partial charge < -0.3 is 10.2 Å². The van der Waals surface area contributed by atoms with Gasteiger partial charge in [-0.15, -0.1) is 0 Å². The molecule has 4 aromatic rings. The molecule has 0 aliphatic carbocycles. The summed E-state index contributed by atoms with van der Waals surface area (Å²) in [5, 5.41) is 12.9. The molecule has 1 aliphatic heterocycles. The maximum Gasteiger partial charge on any atom is 0.256 e. The number of benzene rings is 3. The third-order valence-corrected chi connectivity index (χ3v) is 6.00. The summed E-state index contributed by atoms with van der Waals surface area (Å²) in [6, 6.07) is 22.6. The summed E-state index contributed by atoms with van der Waals surface area (Å²) < 4.78 is 0. The van der Waals surface area contributed by atoms with Crippen LogP contribution in [0.3, 0.4) is 0 Å². The van der Waals surface area contributed by atoms with E-state index in [-0.39, 0.29) is 11.3 Å². The van der Waals surface area contributed by atoms with Crippen LogP contribution in [0, 0.1) is 0 Å². The van der Waals surface area contributed by atoms with Gasteiger partial charge in [0.25, 0.3) is 5.91 Å². The number of nitrogens with zero attached hydrogens (tertiary/aromatic N) is 2. The van der Waals surface area contributed by atoms with Crippen LogP contribution < -0.4 is 10.2 Å². The summed E-state index contributed by atoms with van der Waals surface area (Å²) >= 11 is 0. The predicted octanol–water partition coefficient (Wildman–Crippen LogP) is 5.63. The van der Waals surface area contributed by atoms with E-state index in [9.17, 15) is 4.79 Å². The number of hydrogen-bond acceptors (Lipinski definition) is 3. The first kappa shape index (κ1) is 19.4. The third kappa shape index (κ3) is 3.56. The summed E-state index contributed by atoms with van der Waals surface area (Å²) in [7, 11) is 0. The third-order valence-electron chi connectivity index (χ3n) is 6.00. The fraction of sp³-hybridized carbons (Fsp3) is 0.231. The molecule has 0 saturated carbocycles. The van der Waals surface area contributed by atoms with Gasteiger partial charge in [-0.25, -0.2) is 0 Å². The molecule has 31 heavy (non-hydrogen) atoms. The van der Waals surface area contributed by atoms with E-state index in [4.69, 9.17) is 0 Å². The van der Waals surface area contributed by atoms with Crippen LogP contribution in [0.2, 0.25) is 0 Å². The fourth-order valence-corrected chi connectivity index (χ4v) is 4.20. The van der Waals surface area contributed by atoms with Crippen LogP contribution >= 0.6 is 0 Å². The summed E-state index contributed by atoms with van der Waals surface area (Å²) in [5.41, 5.74) is 5.18. The van der Waals surface area contributed by atoms with Crippen molar-refractivity contribution in [3.05, 3.63) is 89.1 Å². The molecular weight excluding hydrogens is 384 g/mol. The van der Waals surface area contributed by atoms with Gasteiger partial charge in [0.05, 0.1) is 12.2 Å². The van der Waals surface area contributed by atoms with Crippen molar-refractivity contribution < 1.29 is 4.79 Å². The van der Waals surface area contributed by atoms with Gasteiger partial charge >= 0.3 is 0 Å². The Kier molecular flexibility index (Phi) is 4.54. The molecule has 1 aliphatic rings. The summed E-state index contributed by atoms with van der Waals surface area (Å²) in [4.78, 5) is 15.1. The van der Waals surface area contributed by atoms with Gasteiger partial charge in [0.2, 0.25) is 0 Å². The number of rotatable bonds is 3. The Morgan fingerprint density at radius 3 is 2.48 bits per heavy atom. The maximum atomic E-state index is 12.8. The van der Waals surface area contributed by atoms with Crippen molar-refractivity contribution in [2.75, 3.05) is 10.2 Å². The van der Waals surface area contributed by atoms with Gasteiger partial charge in [-0.05, 0) is 34.6 Å². The minimum absolute atomic E-state index is 0.0586. The Labute approximate surface area is 182 Å². The Morgan fingerprint density at radius 1 is 0.968 bits per heavy atom. The second kappa shape index (κ2) is 7.27. The second-order valence-electron chi connectivity index (χ2n) is 9.17. The zero-order valence-electron chi connectivity index (χ0n) is 18.1. The van der Waals surface area contributed by atoms with Gasteiger partial charge in [-0.1, -0.05) is 69.3 Å². The number of hydrogen-bond donors (Lipinski definition) is 2. The highest BCUT2D eigenvalue weighted by atomic mass is 16.1. The summed E-state index contributed by atoms with van der Waals surface area (Å²) in [6.07, 6.45) is 0. The van der Waals surface area contributed by atoms with E-state index in [1.807, 2.05) is 24.3 Å². The molecule has 0 saturated heterocycles. The molecule has 0 bridgehead atoms. The standard InChI is InChI=1S/C26H26N4O/c1-26(2,3)19-13-11-18(12-14-19)25(31)27-24-21-15-30(16-22(21)28-29-24)23-10-6-8-17-7-4-5-9-20(17)23/h4-14H,15-16H2,1-3H3,(H2,27,28,29,31). The van der Waals surface area contributed by atoms with Crippen LogP contribution in [0.25, 0.3) is 10.8 Å². The SMILES string of the molecule is CC(C)(C)c1ccc(C(=O)Nc2n[nH]c3c2CN(c2cccc4ccccc24)C3)cc1. The first-order valence-corrected chi connectivity index (χ1v) is 10.6. The Morgan fingerprint density at radius 2 is 1.71 bits per heavy atom. The van der Waals surface area contributed by atoms with Crippen LogP contribution in [0.1, 0.15) is 48.0 Å². The fourth-order valence-electron chi connectivity index (χ4n) is 4.20. The molecule has 0 spiro atoms. The smallest absolute Gasteiger partial charge is 0.256 e. The molecule has 0 radical (unpaired) electrons. The van der Waals surface area contributed by atoms with Gasteiger partial charge in [-0.3, -0.25) is 9.89 Å². The van der Waals surface area contributed by atoms with Crippen molar-refractivity contribution >= 4 is 28.2 Å². The Balaban J connectivity index is 1.36. The van der Waals surface area contributed by atoms with Gasteiger partial charge in [0.1, 0.15) is 0 Å². The lowest BCUT2D eigenvalue weighted by molar-refractivity contribution is 0.102. The van der Waals surface area contributed by atoms with Gasteiger partial charge in [-0.2, -0.15) is 5.10 Å². The molecule has 3 aromatic carbocycles. The Bertz CT molecular complexity index is 1260. The van der Waals surface area contributed by atoms with Gasteiger partial charge in [0, 0.05) is 28.7 Å². The molecule has 0 atom stereocenters. The van der Waals surface area contributed by atoms with E-state index in [2.05, 4.69) is 83.6 Å². The van der Waals surface area contributed by atoms with E-state index >= 15 is 0 Å². The van der Waals surface area contributed by atoms with Crippen molar-refractivity contribution in [1.82, 2.24) is 10.2 Å². The number of carbonyl (C=O) groups is 1. The van der Waals surface area contributed by atoms with E-state index in [0.717, 1.165) is 17.8 Å². The largest absolute Gasteiger partial charge is 0.361 e. The molecule has 5 nitrogen and oxygen atoms in total. The molecule has 156 valence electrons. The molecule has 2 heterocycles. The predicted molar refractivity (Wildman–Crippen MR) is 126 cm³/mol. The van der Waals surface area contributed by atoms with Crippen molar-refractivity contribution in [2.24, 2.45) is 0 Å². The highest BCUT2D eigenvalue weighted by molar-refractivity contribution is 6.04. The summed E-state index contributed by atoms with van der Waals surface area (Å²) in [5.74, 6) is 0.473. The first-order valence-electron chi connectivity index (χ1n) is 10.6. The van der Waals surface area contributed by atoms with Crippen LogP contribution in [-0.2, 0) is 18.5 Å². The quantitative estimate of drug-likeness (QED) is 0.460. The number of nitrogens with one attached hydrogen (secondary N) is 2. The Hall–Kier alpha value is -3.60. The maximum absolute atomic E-state index is 12.8. The number of aromatic nitrogens is 2. The number of amides is 1. The number of fused-ring (bicyclic) bond motifs is 2. The lowest BCUT2D eigenvalue weighted by Gasteiger charge is -2.20. The molecule has 0 fully saturated rings. The van der Waals surface area contributed by atoms with Gasteiger partial charge in [0.15, 0.2) is 5.82 Å². The van der Waals surface area contributed by atoms with E-state index in [1.54, 1.807) is 0 Å². The normalized spacial score (nSPS) is 13.5. The second-order valence-corrected chi connectivity index (χ2v) is 9.17. The van der Waals surface area contributed by atoms with Crippen molar-refractivity contribution in [1.29, 1.82) is 0 Å². The number of anilines is 2. The topological polar surface area (TPSA) is 61.0 Å². The highest BCUT2D eigenvalue weighted by Crippen LogP contribution is 2.35. The lowest BCUT2D eigenvalue weighted by atomic mass is 9.87. The molecule has 1 amide bonds. The number of aromatic amines is 1. The van der Waals surface area contributed by atoms with E-state index in [1.165, 1.54) is 22.0 Å². The van der Waals surface area contributed by atoms with Crippen LogP contribution in [0.4, 0.5) is 11.5 Å². The average molecular weight is 411 g/mol. The van der Waals surface area contributed by atoms with Crippen molar-refractivity contribution in [3.63, 3.8) is 0 Å². The van der Waals surface area contributed by atoms with Crippen LogP contribution in [0.15, 0.2) is 66.7 Å². The van der Waals surface area contributed by atoms with E-state index < -0.39 is 0 Å². The van der Waals surface area contributed by atoms with Crippen LogP contribution in [0.5, 0.6) is 0 Å². The molecule has 5 heteroatoms. The molecule has 0 unspecified atom stereocenters. The highest BCUT2D eigenvalue weighted by Gasteiger charge is 2.27. The molecule has 2 N–H and O–H groups in total. The minimum Gasteiger partial charge on any atom is -0.361 e. The van der Waals surface area contributed by atoms with E-state index in [0.29, 0.717) is 17.9 Å². The zero-order valence-corrected chi connectivity index (χ0v) is 18.1. The summed E-state index contributed by atoms with van der Waals surface area (Å²) in [6.45, 7) is 7.94. The lowest BCUT2D eigenvalue weighted by Crippen LogP contribution is -2.18. The molecule has 1 aromatic heterocycles. The molecular formula is C26H26N4O. The van der Waals surface area contributed by atoms with Crippen molar-refractivity contribution in [2.45, 2.75) is 39.3 Å². The number of carbonyl (C=O) groups excluding carboxylic acids is 1. The monoisotopic (exact) mass is 410 g/mol. The first-order chi connectivity index (χ1) is 14.9. The minimum atomic E-state index is -0.140. The van der Waals surface area contributed by atoms with Crippen molar-refractivity contribution in [3.8, 4) is 0 Å². The average Bonchev–Trinajstić information content (AvgIpc) is 3.34. The van der Waals surface area contributed by atoms with Crippen LogP contribution in [-0.4, -0.2) is 16.1 Å². The zero-order chi connectivity index (χ0) is 21.6.